The smallest absolute Gasteiger partial charge is 0.145 e. The van der Waals surface area contributed by atoms with Crippen LogP contribution in [0.4, 0.5) is 0 Å². The highest BCUT2D eigenvalue weighted by molar-refractivity contribution is 6.07. The van der Waals surface area contributed by atoms with Gasteiger partial charge in [0.05, 0.1) is 16.9 Å². The summed E-state index contributed by atoms with van der Waals surface area (Å²) in [5.74, 6) is 0.205. The maximum atomic E-state index is 10.7. The van der Waals surface area contributed by atoms with Gasteiger partial charge in [-0.1, -0.05) is 78.9 Å². The molecule has 0 spiro atoms. The first-order valence-electron chi connectivity index (χ1n) is 14.0. The molecule has 0 bridgehead atoms. The number of aromatic nitrogens is 3. The van der Waals surface area contributed by atoms with Crippen LogP contribution in [0, 0.1) is 0 Å². The van der Waals surface area contributed by atoms with Crippen LogP contribution in [0.1, 0.15) is 0 Å². The summed E-state index contributed by atoms with van der Waals surface area (Å²) in [5, 5.41) is 15.4. The number of pyridine rings is 2. The molecule has 0 unspecified atom stereocenters. The van der Waals surface area contributed by atoms with Gasteiger partial charge < -0.3 is 5.11 Å². The normalized spacial score (nSPS) is 11.4. The number of fused-ring (bicyclic) bond motifs is 4. The summed E-state index contributed by atoms with van der Waals surface area (Å²) in [5.41, 5.74) is 8.40. The molecule has 0 fully saturated rings. The van der Waals surface area contributed by atoms with Crippen LogP contribution in [0.3, 0.4) is 0 Å². The van der Waals surface area contributed by atoms with E-state index in [4.69, 9.17) is 9.97 Å². The summed E-state index contributed by atoms with van der Waals surface area (Å²) in [4.78, 5) is 9.84. The third-order valence-electron chi connectivity index (χ3n) is 7.92. The Bertz CT molecular complexity index is 2230. The average molecular weight is 540 g/mol. The molecule has 3 aromatic heterocycles. The topological polar surface area (TPSA) is 50.9 Å². The lowest BCUT2D eigenvalue weighted by atomic mass is 9.97. The molecule has 3 heterocycles. The lowest BCUT2D eigenvalue weighted by Gasteiger charge is -2.13. The van der Waals surface area contributed by atoms with Crippen LogP contribution in [-0.4, -0.2) is 19.6 Å². The van der Waals surface area contributed by atoms with Gasteiger partial charge in [0.1, 0.15) is 11.4 Å². The molecule has 8 rings (SSSR count). The van der Waals surface area contributed by atoms with E-state index in [1.165, 1.54) is 16.2 Å². The predicted molar refractivity (Wildman–Crippen MR) is 172 cm³/mol. The highest BCUT2D eigenvalue weighted by atomic mass is 16.3. The first-order valence-corrected chi connectivity index (χ1v) is 14.0. The van der Waals surface area contributed by atoms with Crippen molar-refractivity contribution in [2.75, 3.05) is 0 Å². The zero-order valence-electron chi connectivity index (χ0n) is 22.6. The van der Waals surface area contributed by atoms with Gasteiger partial charge in [0, 0.05) is 33.8 Å². The molecule has 4 heteroatoms. The Morgan fingerprint density at radius 1 is 0.524 bits per heavy atom. The van der Waals surface area contributed by atoms with Crippen LogP contribution in [0.15, 0.2) is 146 Å². The Kier molecular flexibility index (Phi) is 5.57. The molecule has 0 aliphatic carbocycles. The van der Waals surface area contributed by atoms with Crippen molar-refractivity contribution in [2.45, 2.75) is 0 Å². The SMILES string of the molecule is Oc1ccccc1-c1cc(-c2ccc3ccccc3c2)cc(-c2cccc(-n3c4ccccc4c4cccnc43)c2)n1. The Labute approximate surface area is 242 Å². The zero-order valence-corrected chi connectivity index (χ0v) is 22.6. The predicted octanol–water partition coefficient (Wildman–Crippen LogP) is 9.43. The van der Waals surface area contributed by atoms with E-state index < -0.39 is 0 Å². The third-order valence-corrected chi connectivity index (χ3v) is 7.92. The van der Waals surface area contributed by atoms with Crippen LogP contribution < -0.4 is 0 Å². The Morgan fingerprint density at radius 2 is 1.31 bits per heavy atom. The molecule has 42 heavy (non-hydrogen) atoms. The van der Waals surface area contributed by atoms with Gasteiger partial charge in [-0.25, -0.2) is 9.97 Å². The van der Waals surface area contributed by atoms with E-state index in [9.17, 15) is 5.11 Å². The Balaban J connectivity index is 1.34. The molecule has 198 valence electrons. The van der Waals surface area contributed by atoms with Crippen molar-refractivity contribution in [1.29, 1.82) is 0 Å². The van der Waals surface area contributed by atoms with E-state index >= 15 is 0 Å². The largest absolute Gasteiger partial charge is 0.507 e. The van der Waals surface area contributed by atoms with E-state index in [0.29, 0.717) is 5.56 Å². The van der Waals surface area contributed by atoms with Gasteiger partial charge in [0.2, 0.25) is 0 Å². The second kappa shape index (κ2) is 9.72. The van der Waals surface area contributed by atoms with Crippen LogP contribution in [0.2, 0.25) is 0 Å². The lowest BCUT2D eigenvalue weighted by Crippen LogP contribution is -1.97. The quantitative estimate of drug-likeness (QED) is 0.242. The van der Waals surface area contributed by atoms with Gasteiger partial charge in [-0.2, -0.15) is 0 Å². The van der Waals surface area contributed by atoms with Crippen molar-refractivity contribution < 1.29 is 5.11 Å². The molecular formula is C38H25N3O. The van der Waals surface area contributed by atoms with Gasteiger partial charge in [0.25, 0.3) is 0 Å². The maximum Gasteiger partial charge on any atom is 0.145 e. The van der Waals surface area contributed by atoms with Crippen molar-refractivity contribution in [1.82, 2.24) is 14.5 Å². The van der Waals surface area contributed by atoms with Gasteiger partial charge in [0.15, 0.2) is 0 Å². The molecule has 0 radical (unpaired) electrons. The van der Waals surface area contributed by atoms with Crippen molar-refractivity contribution in [3.63, 3.8) is 0 Å². The average Bonchev–Trinajstić information content (AvgIpc) is 3.39. The van der Waals surface area contributed by atoms with Gasteiger partial charge in [-0.05, 0) is 82.6 Å². The highest BCUT2D eigenvalue weighted by Crippen LogP contribution is 2.36. The number of benzene rings is 5. The van der Waals surface area contributed by atoms with Crippen LogP contribution in [0.5, 0.6) is 5.75 Å². The molecule has 0 saturated carbocycles. The van der Waals surface area contributed by atoms with Crippen molar-refractivity contribution in [2.24, 2.45) is 0 Å². The molecule has 1 N–H and O–H groups in total. The van der Waals surface area contributed by atoms with Crippen molar-refractivity contribution in [3.8, 4) is 45.1 Å². The number of para-hydroxylation sites is 2. The monoisotopic (exact) mass is 539 g/mol. The Morgan fingerprint density at radius 3 is 2.24 bits per heavy atom. The molecule has 8 aromatic rings. The van der Waals surface area contributed by atoms with E-state index in [2.05, 4.69) is 114 Å². The number of nitrogens with zero attached hydrogens (tertiary/aromatic N) is 3. The van der Waals surface area contributed by atoms with Crippen molar-refractivity contribution >= 4 is 32.7 Å². The maximum absolute atomic E-state index is 10.7. The minimum atomic E-state index is 0.205. The summed E-state index contributed by atoms with van der Waals surface area (Å²) in [6.07, 6.45) is 1.84. The van der Waals surface area contributed by atoms with E-state index in [0.717, 1.165) is 50.3 Å². The minimum absolute atomic E-state index is 0.205. The van der Waals surface area contributed by atoms with Gasteiger partial charge in [-0.15, -0.1) is 0 Å². The summed E-state index contributed by atoms with van der Waals surface area (Å²) in [6.45, 7) is 0. The summed E-state index contributed by atoms with van der Waals surface area (Å²) in [7, 11) is 0. The Hall–Kier alpha value is -5.74. The second-order valence-electron chi connectivity index (χ2n) is 10.5. The first kappa shape index (κ1) is 24.1. The van der Waals surface area contributed by atoms with Crippen molar-refractivity contribution in [3.05, 3.63) is 146 Å². The second-order valence-corrected chi connectivity index (χ2v) is 10.5. The van der Waals surface area contributed by atoms with Crippen LogP contribution in [-0.2, 0) is 0 Å². The van der Waals surface area contributed by atoms with E-state index in [1.807, 2.05) is 30.5 Å². The standard InChI is InChI=1S/C38H25N3O/c42-37-17-6-4-14-33(37)35-24-29(27-19-18-25-9-1-2-10-26(25)21-27)23-34(40-35)28-11-7-12-30(22-28)41-36-16-5-3-13-31(36)32-15-8-20-39-38(32)41/h1-24,42H. The van der Waals surface area contributed by atoms with Crippen LogP contribution in [0.25, 0.3) is 72.0 Å². The third kappa shape index (κ3) is 4.01. The molecule has 4 nitrogen and oxygen atoms in total. The summed E-state index contributed by atoms with van der Waals surface area (Å²) >= 11 is 0. The fourth-order valence-corrected chi connectivity index (χ4v) is 5.90. The molecule has 0 saturated heterocycles. The van der Waals surface area contributed by atoms with Crippen LogP contribution >= 0.6 is 0 Å². The first-order chi connectivity index (χ1) is 20.7. The summed E-state index contributed by atoms with van der Waals surface area (Å²) < 4.78 is 2.21. The number of aromatic hydroxyl groups is 1. The fraction of sp³-hybridized carbons (Fsp3) is 0. The molecular weight excluding hydrogens is 514 g/mol. The molecule has 0 aliphatic heterocycles. The van der Waals surface area contributed by atoms with E-state index in [1.54, 1.807) is 6.07 Å². The number of hydrogen-bond acceptors (Lipinski definition) is 3. The van der Waals surface area contributed by atoms with E-state index in [-0.39, 0.29) is 5.75 Å². The summed E-state index contributed by atoms with van der Waals surface area (Å²) in [6, 6.07) is 47.4. The fourth-order valence-electron chi connectivity index (χ4n) is 5.90. The minimum Gasteiger partial charge on any atom is -0.507 e. The molecule has 5 aromatic carbocycles. The number of phenols is 1. The number of rotatable bonds is 4. The highest BCUT2D eigenvalue weighted by Gasteiger charge is 2.15. The lowest BCUT2D eigenvalue weighted by molar-refractivity contribution is 0.477. The van der Waals surface area contributed by atoms with Gasteiger partial charge in [-0.3, -0.25) is 4.57 Å². The molecule has 0 aliphatic rings. The molecule has 0 atom stereocenters. The molecule has 0 amide bonds. The zero-order chi connectivity index (χ0) is 28.0. The van der Waals surface area contributed by atoms with Gasteiger partial charge >= 0.3 is 0 Å². The number of phenolic OH excluding ortho intramolecular Hbond substituents is 1. The number of hydrogen-bond donors (Lipinski definition) is 1.